The molecule has 0 spiro atoms. The number of sulfonamides is 1. The number of hydrogen-bond donors (Lipinski definition) is 1. The second-order valence-electron chi connectivity index (χ2n) is 7.90. The van der Waals surface area contributed by atoms with Crippen molar-refractivity contribution in [1.82, 2.24) is 10.2 Å². The molecule has 0 heterocycles. The van der Waals surface area contributed by atoms with Crippen molar-refractivity contribution in [3.8, 4) is 0 Å². The van der Waals surface area contributed by atoms with Gasteiger partial charge in [-0.15, -0.1) is 0 Å². The van der Waals surface area contributed by atoms with Crippen LogP contribution in [0.1, 0.15) is 37.8 Å². The van der Waals surface area contributed by atoms with E-state index in [-0.39, 0.29) is 31.3 Å². The van der Waals surface area contributed by atoms with Crippen molar-refractivity contribution in [2.75, 3.05) is 24.2 Å². The summed E-state index contributed by atoms with van der Waals surface area (Å²) in [5, 5.41) is 2.59. The molecule has 1 N–H and O–H groups in total. The van der Waals surface area contributed by atoms with Crippen LogP contribution in [0.4, 0.5) is 5.69 Å². The van der Waals surface area contributed by atoms with E-state index in [0.29, 0.717) is 12.1 Å². The van der Waals surface area contributed by atoms with Gasteiger partial charge in [0.25, 0.3) is 0 Å². The molecule has 7 nitrogen and oxygen atoms in total. The van der Waals surface area contributed by atoms with E-state index in [2.05, 4.69) is 21.2 Å². The van der Waals surface area contributed by atoms with E-state index in [4.69, 9.17) is 0 Å². The number of anilines is 1. The van der Waals surface area contributed by atoms with Gasteiger partial charge in [-0.2, -0.15) is 0 Å². The van der Waals surface area contributed by atoms with Crippen molar-refractivity contribution >= 4 is 43.5 Å². The van der Waals surface area contributed by atoms with E-state index in [1.54, 1.807) is 19.1 Å². The third kappa shape index (κ3) is 7.85. The van der Waals surface area contributed by atoms with Crippen LogP contribution in [-0.4, -0.2) is 51.0 Å². The molecule has 9 heteroatoms. The summed E-state index contributed by atoms with van der Waals surface area (Å²) in [4.78, 5) is 26.9. The monoisotopic (exact) mass is 537 g/mol. The molecule has 0 saturated carbocycles. The number of nitrogens with one attached hydrogen (secondary N) is 1. The van der Waals surface area contributed by atoms with Gasteiger partial charge >= 0.3 is 0 Å². The van der Waals surface area contributed by atoms with Crippen molar-refractivity contribution in [3.05, 3.63) is 64.1 Å². The Morgan fingerprint density at radius 3 is 2.30 bits per heavy atom. The Kier molecular flexibility index (Phi) is 9.91. The van der Waals surface area contributed by atoms with E-state index in [0.717, 1.165) is 28.3 Å². The number of aryl methyl sites for hydroxylation is 1. The van der Waals surface area contributed by atoms with Crippen molar-refractivity contribution in [2.24, 2.45) is 0 Å². The van der Waals surface area contributed by atoms with E-state index < -0.39 is 16.1 Å². The SMILES string of the molecule is CCc1ccc(N(CCCC(=O)N(Cc2cccc(Br)c2)[C@H](C)C(=O)NC)S(C)(=O)=O)cc1. The Bertz CT molecular complexity index is 1060. The zero-order valence-electron chi connectivity index (χ0n) is 19.5. The fourth-order valence-corrected chi connectivity index (χ4v) is 4.94. The number of carbonyl (C=O) groups is 2. The lowest BCUT2D eigenvalue weighted by Crippen LogP contribution is -2.46. The molecular weight excluding hydrogens is 506 g/mol. The number of nitrogens with zero attached hydrogens (tertiary/aromatic N) is 2. The first kappa shape index (κ1) is 26.9. The molecule has 0 saturated heterocycles. The number of hydrogen-bond acceptors (Lipinski definition) is 4. The second kappa shape index (κ2) is 12.2. The molecule has 0 aromatic heterocycles. The summed E-state index contributed by atoms with van der Waals surface area (Å²) in [6, 6.07) is 14.3. The Balaban J connectivity index is 2.13. The van der Waals surface area contributed by atoms with Gasteiger partial charge in [-0.05, 0) is 55.2 Å². The Morgan fingerprint density at radius 2 is 1.76 bits per heavy atom. The summed E-state index contributed by atoms with van der Waals surface area (Å²) in [6.45, 7) is 4.18. The normalized spacial score (nSPS) is 12.2. The van der Waals surface area contributed by atoms with Crippen molar-refractivity contribution in [1.29, 1.82) is 0 Å². The number of likely N-dealkylation sites (N-methyl/N-ethyl adjacent to an activating group) is 1. The van der Waals surface area contributed by atoms with Crippen molar-refractivity contribution in [3.63, 3.8) is 0 Å². The maximum absolute atomic E-state index is 13.1. The average molecular weight is 539 g/mol. The lowest BCUT2D eigenvalue weighted by atomic mass is 10.1. The molecule has 0 aliphatic carbocycles. The molecule has 0 fully saturated rings. The summed E-state index contributed by atoms with van der Waals surface area (Å²) in [5.74, 6) is -0.465. The third-order valence-electron chi connectivity index (χ3n) is 5.44. The maximum atomic E-state index is 13.1. The van der Waals surface area contributed by atoms with Gasteiger partial charge in [0.15, 0.2) is 0 Å². The summed E-state index contributed by atoms with van der Waals surface area (Å²) < 4.78 is 27.0. The van der Waals surface area contributed by atoms with E-state index in [1.165, 1.54) is 16.3 Å². The molecule has 1 atom stereocenters. The Labute approximate surface area is 205 Å². The predicted octanol–water partition coefficient (Wildman–Crippen LogP) is 3.72. The van der Waals surface area contributed by atoms with Gasteiger partial charge in [-0.1, -0.05) is 47.1 Å². The highest BCUT2D eigenvalue weighted by atomic mass is 79.9. The first-order chi connectivity index (χ1) is 15.6. The first-order valence-corrected chi connectivity index (χ1v) is 13.5. The smallest absolute Gasteiger partial charge is 0.242 e. The molecule has 0 radical (unpaired) electrons. The van der Waals surface area contributed by atoms with E-state index in [9.17, 15) is 18.0 Å². The van der Waals surface area contributed by atoms with Gasteiger partial charge in [0.1, 0.15) is 6.04 Å². The van der Waals surface area contributed by atoms with Crippen LogP contribution in [0.3, 0.4) is 0 Å². The first-order valence-electron chi connectivity index (χ1n) is 10.9. The number of carbonyl (C=O) groups excluding carboxylic acids is 2. The number of rotatable bonds is 11. The van der Waals surface area contributed by atoms with Crippen molar-refractivity contribution in [2.45, 2.75) is 45.7 Å². The second-order valence-corrected chi connectivity index (χ2v) is 10.7. The Hall–Kier alpha value is -2.39. The minimum Gasteiger partial charge on any atom is -0.357 e. The van der Waals surface area contributed by atoms with Crippen LogP contribution in [-0.2, 0) is 32.6 Å². The van der Waals surface area contributed by atoms with E-state index in [1.807, 2.05) is 43.3 Å². The van der Waals surface area contributed by atoms with Crippen LogP contribution in [0.2, 0.25) is 0 Å². The van der Waals surface area contributed by atoms with E-state index >= 15 is 0 Å². The standard InChI is InChI=1S/C24H32BrN3O4S/c1-5-19-11-13-22(14-12-19)28(33(4,31)32)15-7-10-23(29)27(18(2)24(30)26-3)17-20-8-6-9-21(25)16-20/h6,8-9,11-14,16,18H,5,7,10,15,17H2,1-4H3,(H,26,30)/t18-/m1/s1. The van der Waals surface area contributed by atoms with Crippen molar-refractivity contribution < 1.29 is 18.0 Å². The average Bonchev–Trinajstić information content (AvgIpc) is 2.78. The zero-order chi connectivity index (χ0) is 24.6. The molecule has 2 aromatic carbocycles. The van der Waals surface area contributed by atoms with Crippen LogP contribution in [0.5, 0.6) is 0 Å². The van der Waals surface area contributed by atoms with Gasteiger partial charge in [0, 0.05) is 31.0 Å². The molecule has 2 rings (SSSR count). The summed E-state index contributed by atoms with van der Waals surface area (Å²) in [5.41, 5.74) is 2.59. The molecular formula is C24H32BrN3O4S. The maximum Gasteiger partial charge on any atom is 0.242 e. The fourth-order valence-electron chi connectivity index (χ4n) is 3.53. The van der Waals surface area contributed by atoms with Gasteiger partial charge in [-0.3, -0.25) is 13.9 Å². The minimum atomic E-state index is -3.50. The molecule has 0 unspecified atom stereocenters. The van der Waals surface area contributed by atoms with Crippen LogP contribution < -0.4 is 9.62 Å². The van der Waals surface area contributed by atoms with Gasteiger partial charge < -0.3 is 10.2 Å². The van der Waals surface area contributed by atoms with Gasteiger partial charge in [0.2, 0.25) is 21.8 Å². The third-order valence-corrected chi connectivity index (χ3v) is 7.13. The lowest BCUT2D eigenvalue weighted by Gasteiger charge is -2.29. The summed E-state index contributed by atoms with van der Waals surface area (Å²) in [7, 11) is -1.97. The van der Waals surface area contributed by atoms with Crippen LogP contribution in [0.25, 0.3) is 0 Å². The quantitative estimate of drug-likeness (QED) is 0.473. The minimum absolute atomic E-state index is 0.119. The number of halogens is 1. The lowest BCUT2D eigenvalue weighted by molar-refractivity contribution is -0.140. The molecule has 180 valence electrons. The number of amides is 2. The van der Waals surface area contributed by atoms with Gasteiger partial charge in [-0.25, -0.2) is 8.42 Å². The topological polar surface area (TPSA) is 86.8 Å². The van der Waals surface area contributed by atoms with Crippen LogP contribution in [0, 0.1) is 0 Å². The highest BCUT2D eigenvalue weighted by Crippen LogP contribution is 2.20. The summed E-state index contributed by atoms with van der Waals surface area (Å²) >= 11 is 3.43. The molecule has 33 heavy (non-hydrogen) atoms. The highest BCUT2D eigenvalue weighted by molar-refractivity contribution is 9.10. The molecule has 0 aliphatic heterocycles. The molecule has 0 bridgehead atoms. The molecule has 2 aromatic rings. The predicted molar refractivity (Wildman–Crippen MR) is 135 cm³/mol. The highest BCUT2D eigenvalue weighted by Gasteiger charge is 2.26. The number of benzene rings is 2. The van der Waals surface area contributed by atoms with Crippen LogP contribution in [0.15, 0.2) is 53.0 Å². The molecule has 0 aliphatic rings. The Morgan fingerprint density at radius 1 is 1.09 bits per heavy atom. The van der Waals surface area contributed by atoms with Gasteiger partial charge in [0.05, 0.1) is 11.9 Å². The van der Waals surface area contributed by atoms with Crippen LogP contribution >= 0.6 is 15.9 Å². The zero-order valence-corrected chi connectivity index (χ0v) is 21.9. The largest absolute Gasteiger partial charge is 0.357 e. The fraction of sp³-hybridized carbons (Fsp3) is 0.417. The molecule has 2 amide bonds. The summed E-state index contributed by atoms with van der Waals surface area (Å²) in [6.07, 6.45) is 2.48.